The molecule has 94 valence electrons. The van der Waals surface area contributed by atoms with Crippen LogP contribution in [0.15, 0.2) is 46.2 Å². The lowest BCUT2D eigenvalue weighted by Gasteiger charge is -2.13. The topological polar surface area (TPSA) is 49.1 Å². The molecule has 0 saturated heterocycles. The van der Waals surface area contributed by atoms with Gasteiger partial charge >= 0.3 is 0 Å². The zero-order valence-electron chi connectivity index (χ0n) is 8.99. The minimum Gasteiger partial charge on any atom is -0.606 e. The van der Waals surface area contributed by atoms with Gasteiger partial charge in [0.2, 0.25) is 0 Å². The molecule has 0 aromatic heterocycles. The van der Waals surface area contributed by atoms with Gasteiger partial charge in [-0.2, -0.15) is 0 Å². The highest BCUT2D eigenvalue weighted by Gasteiger charge is 2.23. The van der Waals surface area contributed by atoms with E-state index in [1.54, 1.807) is 24.3 Å². The average Bonchev–Trinajstić information content (AvgIpc) is 2.41. The Bertz CT molecular complexity index is 577. The van der Waals surface area contributed by atoms with Crippen LogP contribution in [0.5, 0.6) is 0 Å². The van der Waals surface area contributed by atoms with Gasteiger partial charge in [0.25, 0.3) is 0 Å². The summed E-state index contributed by atoms with van der Waals surface area (Å²) in [5, 5.41) is 0.464. The van der Waals surface area contributed by atoms with Gasteiger partial charge in [0.1, 0.15) is 5.02 Å². The van der Waals surface area contributed by atoms with Crippen molar-refractivity contribution in [2.45, 2.75) is 9.79 Å². The summed E-state index contributed by atoms with van der Waals surface area (Å²) >= 11 is 16.4. The fourth-order valence-electron chi connectivity index (χ4n) is 1.41. The molecule has 2 aromatic rings. The van der Waals surface area contributed by atoms with Gasteiger partial charge in [-0.05, 0) is 12.1 Å². The lowest BCUT2D eigenvalue weighted by molar-refractivity contribution is 0.595. The van der Waals surface area contributed by atoms with E-state index in [9.17, 15) is 4.55 Å². The number of rotatable bonds is 2. The molecule has 0 amide bonds. The van der Waals surface area contributed by atoms with Gasteiger partial charge in [-0.15, -0.1) is 0 Å². The van der Waals surface area contributed by atoms with Crippen molar-refractivity contribution in [3.05, 3.63) is 51.5 Å². The standard InChI is InChI=1S/C12H8Cl3NOS/c13-10-8(16)6-9(11(14)12(10)15)18(17)7-4-2-1-3-5-7/h1-6H,16H2. The van der Waals surface area contributed by atoms with Crippen molar-refractivity contribution in [1.29, 1.82) is 0 Å². The number of anilines is 1. The van der Waals surface area contributed by atoms with E-state index in [1.807, 2.05) is 6.07 Å². The normalized spacial score (nSPS) is 12.4. The number of hydrogen-bond acceptors (Lipinski definition) is 2. The van der Waals surface area contributed by atoms with Crippen LogP contribution in [-0.4, -0.2) is 4.55 Å². The summed E-state index contributed by atoms with van der Waals surface area (Å²) < 4.78 is 12.4. The molecular weight excluding hydrogens is 313 g/mol. The van der Waals surface area contributed by atoms with Crippen LogP contribution >= 0.6 is 34.8 Å². The third-order valence-electron chi connectivity index (χ3n) is 2.30. The zero-order valence-corrected chi connectivity index (χ0v) is 12.1. The maximum absolute atomic E-state index is 12.4. The van der Waals surface area contributed by atoms with Crippen LogP contribution < -0.4 is 5.73 Å². The number of benzene rings is 2. The van der Waals surface area contributed by atoms with Gasteiger partial charge in [-0.25, -0.2) is 0 Å². The van der Waals surface area contributed by atoms with E-state index in [-0.39, 0.29) is 20.8 Å². The first-order valence-corrected chi connectivity index (χ1v) is 7.20. The fourth-order valence-corrected chi connectivity index (χ4v) is 3.39. The minimum atomic E-state index is -1.44. The van der Waals surface area contributed by atoms with Crippen molar-refractivity contribution in [2.75, 3.05) is 5.73 Å². The van der Waals surface area contributed by atoms with Crippen molar-refractivity contribution in [3.63, 3.8) is 0 Å². The Balaban J connectivity index is 2.52. The lowest BCUT2D eigenvalue weighted by atomic mass is 10.3. The summed E-state index contributed by atoms with van der Waals surface area (Å²) in [7, 11) is 0. The molecule has 2 rings (SSSR count). The summed E-state index contributed by atoms with van der Waals surface area (Å²) in [5.41, 5.74) is 5.95. The molecule has 18 heavy (non-hydrogen) atoms. The summed E-state index contributed by atoms with van der Waals surface area (Å²) in [6.07, 6.45) is 0. The van der Waals surface area contributed by atoms with Gasteiger partial charge in [0.05, 0.1) is 15.7 Å². The van der Waals surface area contributed by atoms with Crippen molar-refractivity contribution < 1.29 is 4.55 Å². The molecule has 0 aliphatic carbocycles. The number of nitrogens with two attached hydrogens (primary N) is 1. The van der Waals surface area contributed by atoms with Crippen LogP contribution in [0.1, 0.15) is 0 Å². The Hall–Kier alpha value is -0.580. The van der Waals surface area contributed by atoms with Crippen molar-refractivity contribution >= 4 is 51.7 Å². The van der Waals surface area contributed by atoms with E-state index in [0.717, 1.165) is 0 Å². The van der Waals surface area contributed by atoms with E-state index in [0.29, 0.717) is 9.79 Å². The van der Waals surface area contributed by atoms with E-state index >= 15 is 0 Å². The molecule has 0 spiro atoms. The average molecular weight is 321 g/mol. The maximum atomic E-state index is 12.4. The fraction of sp³-hybridized carbons (Fsp3) is 0. The molecule has 6 heteroatoms. The lowest BCUT2D eigenvalue weighted by Crippen LogP contribution is -2.04. The molecule has 1 atom stereocenters. The largest absolute Gasteiger partial charge is 0.606 e. The summed E-state index contributed by atoms with van der Waals surface area (Å²) in [5.74, 6) is 0. The highest BCUT2D eigenvalue weighted by atomic mass is 35.5. The van der Waals surface area contributed by atoms with E-state index in [1.165, 1.54) is 6.07 Å². The maximum Gasteiger partial charge on any atom is 0.180 e. The Morgan fingerprint density at radius 3 is 2.17 bits per heavy atom. The second-order valence-corrected chi connectivity index (χ2v) is 6.07. The molecule has 2 N–H and O–H groups in total. The van der Waals surface area contributed by atoms with Gasteiger partial charge in [0, 0.05) is 17.2 Å². The van der Waals surface area contributed by atoms with E-state index < -0.39 is 11.2 Å². The van der Waals surface area contributed by atoms with Gasteiger partial charge in [0.15, 0.2) is 9.79 Å². The first-order valence-electron chi connectivity index (χ1n) is 4.92. The van der Waals surface area contributed by atoms with Gasteiger partial charge in [-0.3, -0.25) is 0 Å². The highest BCUT2D eigenvalue weighted by Crippen LogP contribution is 2.40. The molecule has 0 aliphatic heterocycles. The number of nitrogen functional groups attached to an aromatic ring is 1. The minimum absolute atomic E-state index is 0.123. The van der Waals surface area contributed by atoms with Gasteiger partial charge < -0.3 is 10.3 Å². The molecule has 2 aromatic carbocycles. The van der Waals surface area contributed by atoms with Crippen LogP contribution in [0.4, 0.5) is 5.69 Å². The molecule has 0 bridgehead atoms. The van der Waals surface area contributed by atoms with Crippen molar-refractivity contribution in [2.24, 2.45) is 0 Å². The molecule has 0 radical (unpaired) electrons. The highest BCUT2D eigenvalue weighted by molar-refractivity contribution is 7.91. The van der Waals surface area contributed by atoms with Crippen LogP contribution in [0, 0.1) is 0 Å². The Kier molecular flexibility index (Phi) is 4.30. The van der Waals surface area contributed by atoms with Crippen LogP contribution in [0.2, 0.25) is 15.1 Å². The first-order chi connectivity index (χ1) is 8.52. The molecule has 0 heterocycles. The third-order valence-corrected chi connectivity index (χ3v) is 5.20. The van der Waals surface area contributed by atoms with Crippen LogP contribution in [0.25, 0.3) is 0 Å². The molecular formula is C12H8Cl3NOS. The quantitative estimate of drug-likeness (QED) is 0.506. The molecule has 0 aliphatic rings. The van der Waals surface area contributed by atoms with Gasteiger partial charge in [-0.1, -0.05) is 53.0 Å². The Labute approximate surface area is 123 Å². The Morgan fingerprint density at radius 2 is 1.56 bits per heavy atom. The predicted octanol–water partition coefficient (Wildman–Crippen LogP) is 4.40. The molecule has 2 nitrogen and oxygen atoms in total. The molecule has 0 fully saturated rings. The smallest absolute Gasteiger partial charge is 0.180 e. The van der Waals surface area contributed by atoms with Crippen molar-refractivity contribution in [1.82, 2.24) is 0 Å². The molecule has 0 saturated carbocycles. The summed E-state index contributed by atoms with van der Waals surface area (Å²) in [6.45, 7) is 0. The van der Waals surface area contributed by atoms with E-state index in [2.05, 4.69) is 0 Å². The first kappa shape index (κ1) is 13.8. The second-order valence-electron chi connectivity index (χ2n) is 3.49. The predicted molar refractivity (Wildman–Crippen MR) is 77.0 cm³/mol. The van der Waals surface area contributed by atoms with E-state index in [4.69, 9.17) is 40.5 Å². The number of halogens is 3. The number of hydrogen-bond donors (Lipinski definition) is 1. The SMILES string of the molecule is Nc1cc([S+]([O-])c2ccccc2)c(Cl)c(Cl)c1Cl. The summed E-state index contributed by atoms with van der Waals surface area (Å²) in [6, 6.07) is 10.4. The molecule has 1 unspecified atom stereocenters. The van der Waals surface area contributed by atoms with Crippen molar-refractivity contribution in [3.8, 4) is 0 Å². The third kappa shape index (κ3) is 2.56. The van der Waals surface area contributed by atoms with Crippen LogP contribution in [0.3, 0.4) is 0 Å². The Morgan fingerprint density at radius 1 is 0.944 bits per heavy atom. The monoisotopic (exact) mass is 319 g/mol. The van der Waals surface area contributed by atoms with Crippen LogP contribution in [-0.2, 0) is 11.2 Å². The summed E-state index contributed by atoms with van der Waals surface area (Å²) in [4.78, 5) is 0.979. The second kappa shape index (κ2) is 5.59. The zero-order chi connectivity index (χ0) is 13.3.